The molecule has 1 amide bonds. The van der Waals surface area contributed by atoms with E-state index in [4.69, 9.17) is 9.84 Å². The fourth-order valence-corrected chi connectivity index (χ4v) is 1.40. The first-order valence-electron chi connectivity index (χ1n) is 5.37. The summed E-state index contributed by atoms with van der Waals surface area (Å²) in [5.74, 6) is -1.26. The molecule has 0 spiro atoms. The lowest BCUT2D eigenvalue weighted by molar-refractivity contribution is -0.144. The number of hydrogen-bond donors (Lipinski definition) is 2. The first kappa shape index (κ1) is 12.7. The zero-order valence-electron chi connectivity index (χ0n) is 9.15. The summed E-state index contributed by atoms with van der Waals surface area (Å²) in [6, 6.07) is -0.965. The van der Waals surface area contributed by atoms with Crippen LogP contribution < -0.4 is 5.32 Å². The molecule has 1 saturated carbocycles. The van der Waals surface area contributed by atoms with Crippen LogP contribution in [0.25, 0.3) is 0 Å². The highest BCUT2D eigenvalue weighted by molar-refractivity contribution is 5.85. The molecule has 0 radical (unpaired) electrons. The van der Waals surface area contributed by atoms with Crippen LogP contribution in [0.4, 0.5) is 0 Å². The average Bonchev–Trinajstić information content (AvgIpc) is 2.13. The molecule has 1 aliphatic rings. The summed E-state index contributed by atoms with van der Waals surface area (Å²) < 4.78 is 5.02. The van der Waals surface area contributed by atoms with E-state index in [0.717, 1.165) is 19.3 Å². The van der Waals surface area contributed by atoms with E-state index in [9.17, 15) is 9.59 Å². The van der Waals surface area contributed by atoms with Crippen LogP contribution in [-0.4, -0.2) is 36.2 Å². The second-order valence-corrected chi connectivity index (χ2v) is 3.85. The first-order valence-corrected chi connectivity index (χ1v) is 5.37. The lowest BCUT2D eigenvalue weighted by atomic mass is 9.84. The van der Waals surface area contributed by atoms with Gasteiger partial charge in [-0.05, 0) is 12.8 Å². The SMILES string of the molecule is C=CCOCC(NC(=O)C1CCC1)C(=O)O. The number of carboxylic acids is 1. The smallest absolute Gasteiger partial charge is 0.328 e. The molecular weight excluding hydrogens is 210 g/mol. The van der Waals surface area contributed by atoms with Crippen LogP contribution >= 0.6 is 0 Å². The predicted molar refractivity (Wildman–Crippen MR) is 57.9 cm³/mol. The third kappa shape index (κ3) is 3.66. The lowest BCUT2D eigenvalue weighted by Gasteiger charge is -2.25. The standard InChI is InChI=1S/C11H17NO4/c1-2-6-16-7-9(11(14)15)12-10(13)8-4-3-5-8/h2,8-9H,1,3-7H2,(H,12,13)(H,14,15). The third-order valence-electron chi connectivity index (χ3n) is 2.61. The minimum atomic E-state index is -1.07. The van der Waals surface area contributed by atoms with Crippen molar-refractivity contribution in [2.75, 3.05) is 13.2 Å². The summed E-state index contributed by atoms with van der Waals surface area (Å²) in [6.07, 6.45) is 4.28. The summed E-state index contributed by atoms with van der Waals surface area (Å²) in [7, 11) is 0. The molecule has 1 unspecified atom stereocenters. The second-order valence-electron chi connectivity index (χ2n) is 3.85. The zero-order valence-corrected chi connectivity index (χ0v) is 9.15. The number of hydrogen-bond acceptors (Lipinski definition) is 3. The molecule has 0 aliphatic heterocycles. The van der Waals surface area contributed by atoms with Crippen molar-refractivity contribution in [3.05, 3.63) is 12.7 Å². The molecule has 0 saturated heterocycles. The molecule has 1 aliphatic carbocycles. The van der Waals surface area contributed by atoms with Crippen molar-refractivity contribution in [3.63, 3.8) is 0 Å². The van der Waals surface area contributed by atoms with Crippen molar-refractivity contribution in [2.24, 2.45) is 5.92 Å². The molecule has 1 fully saturated rings. The molecule has 1 atom stereocenters. The minimum Gasteiger partial charge on any atom is -0.480 e. The Morgan fingerprint density at radius 3 is 2.69 bits per heavy atom. The van der Waals surface area contributed by atoms with E-state index in [1.165, 1.54) is 6.08 Å². The molecule has 16 heavy (non-hydrogen) atoms. The van der Waals surface area contributed by atoms with Gasteiger partial charge in [-0.3, -0.25) is 4.79 Å². The molecule has 0 bridgehead atoms. The van der Waals surface area contributed by atoms with Crippen molar-refractivity contribution in [1.82, 2.24) is 5.32 Å². The van der Waals surface area contributed by atoms with E-state index in [0.29, 0.717) is 0 Å². The highest BCUT2D eigenvalue weighted by Crippen LogP contribution is 2.26. The molecule has 2 N–H and O–H groups in total. The fraction of sp³-hybridized carbons (Fsp3) is 0.636. The van der Waals surface area contributed by atoms with Crippen LogP contribution in [0.2, 0.25) is 0 Å². The first-order chi connectivity index (χ1) is 7.65. The maximum atomic E-state index is 11.5. The number of ether oxygens (including phenoxy) is 1. The van der Waals surface area contributed by atoms with Gasteiger partial charge in [0.2, 0.25) is 5.91 Å². The highest BCUT2D eigenvalue weighted by Gasteiger charge is 2.29. The van der Waals surface area contributed by atoms with E-state index in [1.807, 2.05) is 0 Å². The highest BCUT2D eigenvalue weighted by atomic mass is 16.5. The predicted octanol–water partition coefficient (Wildman–Crippen LogP) is 0.558. The number of nitrogens with one attached hydrogen (secondary N) is 1. The Kier molecular flexibility index (Phi) is 4.98. The van der Waals surface area contributed by atoms with Crippen molar-refractivity contribution in [1.29, 1.82) is 0 Å². The molecular formula is C11H17NO4. The normalized spacial score (nSPS) is 17.2. The average molecular weight is 227 g/mol. The van der Waals surface area contributed by atoms with Gasteiger partial charge in [0.1, 0.15) is 0 Å². The Bertz CT molecular complexity index is 273. The van der Waals surface area contributed by atoms with Crippen molar-refractivity contribution in [2.45, 2.75) is 25.3 Å². The second kappa shape index (κ2) is 6.27. The molecule has 0 aromatic heterocycles. The largest absolute Gasteiger partial charge is 0.480 e. The van der Waals surface area contributed by atoms with Crippen LogP contribution in [0.15, 0.2) is 12.7 Å². The fourth-order valence-electron chi connectivity index (χ4n) is 1.40. The number of carboxylic acid groups (broad SMARTS) is 1. The van der Waals surface area contributed by atoms with Crippen LogP contribution in [0.1, 0.15) is 19.3 Å². The Morgan fingerprint density at radius 2 is 2.25 bits per heavy atom. The molecule has 1 rings (SSSR count). The molecule has 5 heteroatoms. The van der Waals surface area contributed by atoms with Gasteiger partial charge in [0.15, 0.2) is 6.04 Å². The van der Waals surface area contributed by atoms with Crippen LogP contribution in [0.3, 0.4) is 0 Å². The number of aliphatic carboxylic acids is 1. The molecule has 5 nitrogen and oxygen atoms in total. The summed E-state index contributed by atoms with van der Waals surface area (Å²) in [6.45, 7) is 3.71. The Balaban J connectivity index is 2.34. The maximum absolute atomic E-state index is 11.5. The number of rotatable bonds is 7. The summed E-state index contributed by atoms with van der Waals surface area (Å²) in [4.78, 5) is 22.4. The van der Waals surface area contributed by atoms with Gasteiger partial charge < -0.3 is 15.2 Å². The number of amides is 1. The van der Waals surface area contributed by atoms with Gasteiger partial charge in [0.25, 0.3) is 0 Å². The topological polar surface area (TPSA) is 75.6 Å². The van der Waals surface area contributed by atoms with Gasteiger partial charge in [-0.25, -0.2) is 4.79 Å². The number of carbonyl (C=O) groups excluding carboxylic acids is 1. The zero-order chi connectivity index (χ0) is 12.0. The van der Waals surface area contributed by atoms with Crippen molar-refractivity contribution < 1.29 is 19.4 Å². The van der Waals surface area contributed by atoms with Gasteiger partial charge in [0, 0.05) is 5.92 Å². The maximum Gasteiger partial charge on any atom is 0.328 e. The molecule has 0 aromatic carbocycles. The van der Waals surface area contributed by atoms with Crippen LogP contribution in [0, 0.1) is 5.92 Å². The van der Waals surface area contributed by atoms with E-state index in [-0.39, 0.29) is 25.0 Å². The van der Waals surface area contributed by atoms with Gasteiger partial charge >= 0.3 is 5.97 Å². The molecule has 90 valence electrons. The van der Waals surface area contributed by atoms with Crippen LogP contribution in [-0.2, 0) is 14.3 Å². The summed E-state index contributed by atoms with van der Waals surface area (Å²) >= 11 is 0. The Labute approximate surface area is 94.5 Å². The van der Waals surface area contributed by atoms with E-state index in [1.54, 1.807) is 0 Å². The van der Waals surface area contributed by atoms with Gasteiger partial charge in [-0.15, -0.1) is 6.58 Å². The minimum absolute atomic E-state index is 0.0127. The van der Waals surface area contributed by atoms with Crippen molar-refractivity contribution >= 4 is 11.9 Å². The summed E-state index contributed by atoms with van der Waals surface area (Å²) in [5, 5.41) is 11.4. The van der Waals surface area contributed by atoms with Gasteiger partial charge in [0.05, 0.1) is 13.2 Å². The monoisotopic (exact) mass is 227 g/mol. The van der Waals surface area contributed by atoms with Crippen molar-refractivity contribution in [3.8, 4) is 0 Å². The molecule has 0 heterocycles. The van der Waals surface area contributed by atoms with Gasteiger partial charge in [-0.1, -0.05) is 12.5 Å². The number of carbonyl (C=O) groups is 2. The van der Waals surface area contributed by atoms with E-state index in [2.05, 4.69) is 11.9 Å². The Hall–Kier alpha value is -1.36. The Morgan fingerprint density at radius 1 is 1.56 bits per heavy atom. The van der Waals surface area contributed by atoms with E-state index >= 15 is 0 Å². The summed E-state index contributed by atoms with van der Waals surface area (Å²) in [5.41, 5.74) is 0. The quantitative estimate of drug-likeness (QED) is 0.492. The van der Waals surface area contributed by atoms with E-state index < -0.39 is 12.0 Å². The van der Waals surface area contributed by atoms with Crippen LogP contribution in [0.5, 0.6) is 0 Å². The third-order valence-corrected chi connectivity index (χ3v) is 2.61. The van der Waals surface area contributed by atoms with Gasteiger partial charge in [-0.2, -0.15) is 0 Å². The molecule has 0 aromatic rings. The lowest BCUT2D eigenvalue weighted by Crippen LogP contribution is -2.47.